The molecule has 2 rings (SSSR count). The van der Waals surface area contributed by atoms with Crippen molar-refractivity contribution < 1.29 is 9.53 Å². The van der Waals surface area contributed by atoms with Crippen molar-refractivity contribution in [3.63, 3.8) is 0 Å². The smallest absolute Gasteiger partial charge is 0.265 e. The van der Waals surface area contributed by atoms with E-state index in [1.54, 1.807) is 6.92 Å². The van der Waals surface area contributed by atoms with Crippen LogP contribution in [0.4, 0.5) is 5.69 Å². The van der Waals surface area contributed by atoms with Gasteiger partial charge in [-0.05, 0) is 68.0 Å². The Hall–Kier alpha value is -2.29. The predicted molar refractivity (Wildman–Crippen MR) is 99.9 cm³/mol. The van der Waals surface area contributed by atoms with Crippen LogP contribution in [0.2, 0.25) is 0 Å². The molecule has 1 amide bonds. The van der Waals surface area contributed by atoms with Gasteiger partial charge in [-0.2, -0.15) is 0 Å². The van der Waals surface area contributed by atoms with Gasteiger partial charge < -0.3 is 10.1 Å². The van der Waals surface area contributed by atoms with Crippen molar-refractivity contribution in [3.05, 3.63) is 58.7 Å². The summed E-state index contributed by atoms with van der Waals surface area (Å²) in [5.41, 5.74) is 5.35. The number of anilines is 1. The van der Waals surface area contributed by atoms with Crippen LogP contribution in [0.1, 0.15) is 48.9 Å². The quantitative estimate of drug-likeness (QED) is 0.826. The molecule has 0 saturated heterocycles. The minimum Gasteiger partial charge on any atom is -0.481 e. The monoisotopic (exact) mass is 325 g/mol. The van der Waals surface area contributed by atoms with Gasteiger partial charge in [0.1, 0.15) is 5.75 Å². The summed E-state index contributed by atoms with van der Waals surface area (Å²) in [5, 5.41) is 3.00. The van der Waals surface area contributed by atoms with Crippen LogP contribution < -0.4 is 10.1 Å². The Kier molecular flexibility index (Phi) is 5.66. The number of benzene rings is 2. The van der Waals surface area contributed by atoms with Crippen molar-refractivity contribution in [3.8, 4) is 5.75 Å². The van der Waals surface area contributed by atoms with Gasteiger partial charge in [-0.1, -0.05) is 38.1 Å². The van der Waals surface area contributed by atoms with Gasteiger partial charge in [-0.25, -0.2) is 0 Å². The Morgan fingerprint density at radius 1 is 1.04 bits per heavy atom. The average Bonchev–Trinajstić information content (AvgIpc) is 2.52. The molecule has 0 aliphatic heterocycles. The lowest BCUT2D eigenvalue weighted by molar-refractivity contribution is -0.122. The van der Waals surface area contributed by atoms with Gasteiger partial charge in [0.2, 0.25) is 0 Å². The standard InChI is InChI=1S/C21H27NO2/c1-13(2)18-9-7-8-10-19(18)22-21(23)17(6)24-20-12-14(3)11-15(4)16(20)5/h7-13,17H,1-6H3,(H,22,23)/t17-/m0/s1. The number of rotatable bonds is 5. The van der Waals surface area contributed by atoms with Gasteiger partial charge in [0.15, 0.2) is 6.10 Å². The summed E-state index contributed by atoms with van der Waals surface area (Å²) in [4.78, 5) is 12.5. The molecule has 0 saturated carbocycles. The second-order valence-electron chi connectivity index (χ2n) is 6.70. The molecule has 3 heteroatoms. The number of hydrogen-bond acceptors (Lipinski definition) is 2. The normalized spacial score (nSPS) is 12.1. The van der Waals surface area contributed by atoms with Crippen molar-refractivity contribution >= 4 is 11.6 Å². The SMILES string of the molecule is Cc1cc(C)c(C)c(O[C@@H](C)C(=O)Nc2ccccc2C(C)C)c1. The number of carbonyl (C=O) groups excluding carboxylic acids is 1. The van der Waals surface area contributed by atoms with E-state index in [0.717, 1.165) is 28.1 Å². The Labute approximate surface area is 145 Å². The summed E-state index contributed by atoms with van der Waals surface area (Å²) in [6, 6.07) is 12.0. The van der Waals surface area contributed by atoms with Crippen LogP contribution in [0.25, 0.3) is 0 Å². The second-order valence-corrected chi connectivity index (χ2v) is 6.70. The molecule has 0 heterocycles. The number of carbonyl (C=O) groups is 1. The van der Waals surface area contributed by atoms with Crippen molar-refractivity contribution in [2.45, 2.75) is 53.6 Å². The van der Waals surface area contributed by atoms with Crippen LogP contribution in [0.15, 0.2) is 36.4 Å². The Bertz CT molecular complexity index is 735. The Morgan fingerprint density at radius 3 is 2.38 bits per heavy atom. The van der Waals surface area contributed by atoms with Gasteiger partial charge in [0.25, 0.3) is 5.91 Å². The third-order valence-corrected chi connectivity index (χ3v) is 4.28. The average molecular weight is 325 g/mol. The van der Waals surface area contributed by atoms with E-state index in [9.17, 15) is 4.79 Å². The van der Waals surface area contributed by atoms with E-state index in [-0.39, 0.29) is 5.91 Å². The molecule has 0 unspecified atom stereocenters. The zero-order chi connectivity index (χ0) is 17.9. The maximum Gasteiger partial charge on any atom is 0.265 e. The van der Waals surface area contributed by atoms with Gasteiger partial charge in [-0.3, -0.25) is 4.79 Å². The minimum atomic E-state index is -0.565. The van der Waals surface area contributed by atoms with E-state index in [0.29, 0.717) is 5.92 Å². The molecule has 0 fully saturated rings. The molecule has 0 aromatic heterocycles. The third kappa shape index (κ3) is 4.16. The highest BCUT2D eigenvalue weighted by molar-refractivity contribution is 5.94. The number of aryl methyl sites for hydroxylation is 2. The lowest BCUT2D eigenvalue weighted by atomic mass is 10.0. The first-order chi connectivity index (χ1) is 11.3. The molecule has 2 aromatic rings. The Morgan fingerprint density at radius 2 is 1.71 bits per heavy atom. The van der Waals surface area contributed by atoms with Crippen LogP contribution in [0, 0.1) is 20.8 Å². The first kappa shape index (κ1) is 18.1. The van der Waals surface area contributed by atoms with E-state index in [4.69, 9.17) is 4.74 Å². The van der Waals surface area contributed by atoms with Crippen molar-refractivity contribution in [1.29, 1.82) is 0 Å². The van der Waals surface area contributed by atoms with Crippen molar-refractivity contribution in [2.24, 2.45) is 0 Å². The number of para-hydroxylation sites is 1. The summed E-state index contributed by atoms with van der Waals surface area (Å²) in [6.07, 6.45) is -0.565. The lowest BCUT2D eigenvalue weighted by Gasteiger charge is -2.19. The zero-order valence-electron chi connectivity index (χ0n) is 15.4. The summed E-state index contributed by atoms with van der Waals surface area (Å²) in [6.45, 7) is 12.1. The molecule has 3 nitrogen and oxygen atoms in total. The van der Waals surface area contributed by atoms with Crippen molar-refractivity contribution in [2.75, 3.05) is 5.32 Å². The minimum absolute atomic E-state index is 0.137. The highest BCUT2D eigenvalue weighted by Crippen LogP contribution is 2.26. The number of nitrogens with one attached hydrogen (secondary N) is 1. The molecule has 0 bridgehead atoms. The fraction of sp³-hybridized carbons (Fsp3) is 0.381. The molecule has 0 aliphatic rings. The van der Waals surface area contributed by atoms with Crippen molar-refractivity contribution in [1.82, 2.24) is 0 Å². The van der Waals surface area contributed by atoms with E-state index in [2.05, 4.69) is 32.2 Å². The van der Waals surface area contributed by atoms with Crippen LogP contribution in [-0.2, 0) is 4.79 Å². The summed E-state index contributed by atoms with van der Waals surface area (Å²) in [7, 11) is 0. The fourth-order valence-corrected chi connectivity index (χ4v) is 2.72. The maximum absolute atomic E-state index is 12.5. The molecular weight excluding hydrogens is 298 g/mol. The number of hydrogen-bond donors (Lipinski definition) is 1. The molecule has 1 atom stereocenters. The largest absolute Gasteiger partial charge is 0.481 e. The number of ether oxygens (including phenoxy) is 1. The molecule has 24 heavy (non-hydrogen) atoms. The molecule has 2 aromatic carbocycles. The van der Waals surface area contributed by atoms with Crippen LogP contribution in [0.5, 0.6) is 5.75 Å². The summed E-state index contributed by atoms with van der Waals surface area (Å²) >= 11 is 0. The van der Waals surface area contributed by atoms with Crippen LogP contribution in [-0.4, -0.2) is 12.0 Å². The second kappa shape index (κ2) is 7.52. The zero-order valence-corrected chi connectivity index (χ0v) is 15.4. The van der Waals surface area contributed by atoms with E-state index >= 15 is 0 Å². The molecular formula is C21H27NO2. The van der Waals surface area contributed by atoms with E-state index < -0.39 is 6.10 Å². The summed E-state index contributed by atoms with van der Waals surface area (Å²) < 4.78 is 5.93. The van der Waals surface area contributed by atoms with E-state index in [1.165, 1.54) is 5.56 Å². The lowest BCUT2D eigenvalue weighted by Crippen LogP contribution is -2.30. The summed E-state index contributed by atoms with van der Waals surface area (Å²) in [5.74, 6) is 0.980. The Balaban J connectivity index is 2.14. The first-order valence-electron chi connectivity index (χ1n) is 8.44. The predicted octanol–water partition coefficient (Wildman–Crippen LogP) is 5.14. The number of amides is 1. The van der Waals surface area contributed by atoms with Crippen LogP contribution in [0.3, 0.4) is 0 Å². The van der Waals surface area contributed by atoms with Gasteiger partial charge >= 0.3 is 0 Å². The maximum atomic E-state index is 12.5. The fourth-order valence-electron chi connectivity index (χ4n) is 2.72. The third-order valence-electron chi connectivity index (χ3n) is 4.28. The molecule has 128 valence electrons. The first-order valence-corrected chi connectivity index (χ1v) is 8.44. The van der Waals surface area contributed by atoms with Gasteiger partial charge in [-0.15, -0.1) is 0 Å². The van der Waals surface area contributed by atoms with E-state index in [1.807, 2.05) is 44.2 Å². The topological polar surface area (TPSA) is 38.3 Å². The molecule has 0 spiro atoms. The van der Waals surface area contributed by atoms with Gasteiger partial charge in [0, 0.05) is 5.69 Å². The molecule has 0 radical (unpaired) electrons. The highest BCUT2D eigenvalue weighted by Gasteiger charge is 2.18. The van der Waals surface area contributed by atoms with Gasteiger partial charge in [0.05, 0.1) is 0 Å². The van der Waals surface area contributed by atoms with Crippen LogP contribution >= 0.6 is 0 Å². The molecule has 0 aliphatic carbocycles. The highest BCUT2D eigenvalue weighted by atomic mass is 16.5. The molecule has 1 N–H and O–H groups in total.